The number of alkyl halides is 1. The van der Waals surface area contributed by atoms with Gasteiger partial charge in [0.1, 0.15) is 24.6 Å². The van der Waals surface area contributed by atoms with Crippen molar-refractivity contribution in [2.45, 2.75) is 44.9 Å². The zero-order valence-corrected chi connectivity index (χ0v) is 11.0. The van der Waals surface area contributed by atoms with E-state index in [1.54, 1.807) is 0 Å². The first kappa shape index (κ1) is 14.6. The normalized spacial score (nSPS) is 27.5. The third-order valence-electron chi connectivity index (χ3n) is 3.28. The zero-order chi connectivity index (χ0) is 15.0. The lowest BCUT2D eigenvalue weighted by Gasteiger charge is -2.18. The van der Waals surface area contributed by atoms with Gasteiger partial charge in [0.2, 0.25) is 0 Å². The molecule has 0 aliphatic carbocycles. The van der Waals surface area contributed by atoms with Gasteiger partial charge in [-0.2, -0.15) is 0 Å². The highest BCUT2D eigenvalue weighted by Gasteiger charge is 2.42. The zero-order valence-electron chi connectivity index (χ0n) is 11.0. The van der Waals surface area contributed by atoms with E-state index in [-0.39, 0.29) is 12.0 Å². The average molecular weight is 286 g/mol. The lowest BCUT2D eigenvalue weighted by Crippen LogP contribution is -2.38. The Bertz CT molecular complexity index is 637. The van der Waals surface area contributed by atoms with Crippen LogP contribution in [0.1, 0.15) is 25.1 Å². The Morgan fingerprint density at radius 3 is 2.85 bits per heavy atom. The van der Waals surface area contributed by atoms with E-state index in [0.29, 0.717) is 0 Å². The standard InChI is InChI=1S/C12H15FN2O5/c1-5-4-15(12(19)14-11(5)18)8-3-7(13)10(20-8)9(17)6(2)16/h4,7-10,17H,3H2,1-2H3,(H,14,18,19)/t7-,8+,9?,10-/m0/s1. The van der Waals surface area contributed by atoms with E-state index in [0.717, 1.165) is 11.5 Å². The smallest absolute Gasteiger partial charge is 0.330 e. The van der Waals surface area contributed by atoms with Crippen molar-refractivity contribution in [2.24, 2.45) is 0 Å². The summed E-state index contributed by atoms with van der Waals surface area (Å²) in [6.45, 7) is 2.63. The van der Waals surface area contributed by atoms with E-state index < -0.39 is 41.6 Å². The number of aryl methyl sites for hydroxylation is 1. The van der Waals surface area contributed by atoms with Crippen molar-refractivity contribution in [1.29, 1.82) is 0 Å². The number of aromatic nitrogens is 2. The minimum Gasteiger partial charge on any atom is -0.382 e. The molecular weight excluding hydrogens is 271 g/mol. The number of hydrogen-bond donors (Lipinski definition) is 2. The van der Waals surface area contributed by atoms with Crippen LogP contribution in [0, 0.1) is 6.92 Å². The summed E-state index contributed by atoms with van der Waals surface area (Å²) in [4.78, 5) is 36.1. The van der Waals surface area contributed by atoms with Gasteiger partial charge < -0.3 is 9.84 Å². The number of aliphatic hydroxyl groups excluding tert-OH is 1. The molecule has 0 radical (unpaired) electrons. The Morgan fingerprint density at radius 2 is 2.25 bits per heavy atom. The molecule has 0 aromatic carbocycles. The minimum absolute atomic E-state index is 0.180. The summed E-state index contributed by atoms with van der Waals surface area (Å²) in [6, 6.07) is 0. The Balaban J connectivity index is 2.29. The molecule has 0 saturated carbocycles. The molecular formula is C12H15FN2O5. The first-order valence-electron chi connectivity index (χ1n) is 6.11. The molecule has 2 rings (SSSR count). The van der Waals surface area contributed by atoms with Crippen LogP contribution >= 0.6 is 0 Å². The van der Waals surface area contributed by atoms with Crippen LogP contribution in [0.3, 0.4) is 0 Å². The Kier molecular flexibility index (Phi) is 3.87. The second-order valence-corrected chi connectivity index (χ2v) is 4.84. The Morgan fingerprint density at radius 1 is 1.60 bits per heavy atom. The summed E-state index contributed by atoms with van der Waals surface area (Å²) >= 11 is 0. The number of carbonyl (C=O) groups excluding carboxylic acids is 1. The molecule has 2 N–H and O–H groups in total. The lowest BCUT2D eigenvalue weighted by molar-refractivity contribution is -0.137. The largest absolute Gasteiger partial charge is 0.382 e. The van der Waals surface area contributed by atoms with Crippen molar-refractivity contribution in [3.8, 4) is 0 Å². The fraction of sp³-hybridized carbons (Fsp3) is 0.583. The second-order valence-electron chi connectivity index (χ2n) is 4.84. The highest BCUT2D eigenvalue weighted by atomic mass is 19.1. The number of Topliss-reactive ketones (excluding diaryl/α,β-unsaturated/α-hetero) is 1. The molecule has 8 heteroatoms. The number of carbonyl (C=O) groups is 1. The van der Waals surface area contributed by atoms with Crippen molar-refractivity contribution < 1.29 is 19.0 Å². The molecule has 1 fully saturated rings. The minimum atomic E-state index is -1.57. The number of nitrogens with one attached hydrogen (secondary N) is 1. The number of rotatable bonds is 3. The van der Waals surface area contributed by atoms with Gasteiger partial charge >= 0.3 is 5.69 Å². The summed E-state index contributed by atoms with van der Waals surface area (Å²) in [5.41, 5.74) is -0.976. The van der Waals surface area contributed by atoms with Gasteiger partial charge in [0.15, 0.2) is 5.78 Å². The number of ketones is 1. The molecule has 1 aromatic rings. The van der Waals surface area contributed by atoms with Gasteiger partial charge in [-0.3, -0.25) is 19.1 Å². The van der Waals surface area contributed by atoms with E-state index in [9.17, 15) is 23.9 Å². The van der Waals surface area contributed by atoms with Gasteiger partial charge in [0.25, 0.3) is 5.56 Å². The molecule has 1 unspecified atom stereocenters. The Labute approximate surface area is 113 Å². The first-order chi connectivity index (χ1) is 9.31. The number of nitrogens with zero attached hydrogens (tertiary/aromatic N) is 1. The number of H-pyrrole nitrogens is 1. The summed E-state index contributed by atoms with van der Waals surface area (Å²) in [5, 5.41) is 9.57. The van der Waals surface area contributed by atoms with Crippen LogP contribution in [0.4, 0.5) is 4.39 Å². The fourth-order valence-electron chi connectivity index (χ4n) is 2.13. The van der Waals surface area contributed by atoms with Crippen molar-refractivity contribution in [1.82, 2.24) is 9.55 Å². The fourth-order valence-corrected chi connectivity index (χ4v) is 2.13. The highest BCUT2D eigenvalue weighted by molar-refractivity contribution is 5.80. The molecule has 0 amide bonds. The molecule has 4 atom stereocenters. The monoisotopic (exact) mass is 286 g/mol. The maximum Gasteiger partial charge on any atom is 0.330 e. The molecule has 1 aliphatic rings. The van der Waals surface area contributed by atoms with Crippen LogP contribution < -0.4 is 11.2 Å². The van der Waals surface area contributed by atoms with Crippen LogP contribution in [-0.2, 0) is 9.53 Å². The summed E-state index contributed by atoms with van der Waals surface area (Å²) in [7, 11) is 0. The number of halogens is 1. The number of aromatic amines is 1. The molecule has 1 saturated heterocycles. The van der Waals surface area contributed by atoms with Gasteiger partial charge in [-0.25, -0.2) is 9.18 Å². The molecule has 110 valence electrons. The Hall–Kier alpha value is -1.80. The third kappa shape index (κ3) is 2.56. The number of hydrogen-bond acceptors (Lipinski definition) is 5. The molecule has 0 spiro atoms. The van der Waals surface area contributed by atoms with Crippen LogP contribution in [0.25, 0.3) is 0 Å². The van der Waals surface area contributed by atoms with E-state index in [2.05, 4.69) is 4.98 Å². The van der Waals surface area contributed by atoms with Crippen molar-refractivity contribution in [3.05, 3.63) is 32.6 Å². The molecule has 1 aromatic heterocycles. The van der Waals surface area contributed by atoms with Crippen molar-refractivity contribution >= 4 is 5.78 Å². The van der Waals surface area contributed by atoms with Gasteiger partial charge in [0, 0.05) is 18.2 Å². The average Bonchev–Trinajstić information content (AvgIpc) is 2.74. The summed E-state index contributed by atoms with van der Waals surface area (Å²) < 4.78 is 20.1. The third-order valence-corrected chi connectivity index (χ3v) is 3.28. The van der Waals surface area contributed by atoms with E-state index in [1.807, 2.05) is 0 Å². The molecule has 1 aliphatic heterocycles. The van der Waals surface area contributed by atoms with Gasteiger partial charge in [0.05, 0.1) is 0 Å². The van der Waals surface area contributed by atoms with Crippen molar-refractivity contribution in [3.63, 3.8) is 0 Å². The number of ether oxygens (including phenoxy) is 1. The van der Waals surface area contributed by atoms with Crippen LogP contribution in [0.5, 0.6) is 0 Å². The van der Waals surface area contributed by atoms with E-state index >= 15 is 0 Å². The first-order valence-corrected chi connectivity index (χ1v) is 6.11. The van der Waals surface area contributed by atoms with Crippen molar-refractivity contribution in [2.75, 3.05) is 0 Å². The summed E-state index contributed by atoms with van der Waals surface area (Å²) in [6.07, 6.45) is -4.34. The maximum atomic E-state index is 13.8. The van der Waals surface area contributed by atoms with E-state index in [4.69, 9.17) is 4.74 Å². The molecule has 20 heavy (non-hydrogen) atoms. The number of aliphatic hydroxyl groups is 1. The predicted octanol–water partition coefficient (Wildman–Crippen LogP) is -0.579. The quantitative estimate of drug-likeness (QED) is 0.774. The van der Waals surface area contributed by atoms with Crippen LogP contribution in [0.2, 0.25) is 0 Å². The van der Waals surface area contributed by atoms with Gasteiger partial charge in [-0.1, -0.05) is 0 Å². The van der Waals surface area contributed by atoms with Crippen LogP contribution in [0.15, 0.2) is 15.8 Å². The lowest BCUT2D eigenvalue weighted by atomic mass is 10.1. The van der Waals surface area contributed by atoms with Gasteiger partial charge in [-0.05, 0) is 13.8 Å². The SMILES string of the molecule is CC(=O)C(O)[C@H]1O[C@@H](n2cc(C)c(=O)[nH]c2=O)C[C@@H]1F. The maximum absolute atomic E-state index is 13.8. The van der Waals surface area contributed by atoms with Crippen LogP contribution in [-0.4, -0.2) is 38.8 Å². The topological polar surface area (TPSA) is 101 Å². The highest BCUT2D eigenvalue weighted by Crippen LogP contribution is 2.31. The van der Waals surface area contributed by atoms with Gasteiger partial charge in [-0.15, -0.1) is 0 Å². The predicted molar refractivity (Wildman–Crippen MR) is 66.2 cm³/mol. The second kappa shape index (κ2) is 5.29. The molecule has 0 bridgehead atoms. The van der Waals surface area contributed by atoms with E-state index in [1.165, 1.54) is 13.1 Å². The molecule has 7 nitrogen and oxygen atoms in total. The summed E-state index contributed by atoms with van der Waals surface area (Å²) in [5.74, 6) is -0.608. The molecule has 2 heterocycles.